The van der Waals surface area contributed by atoms with Gasteiger partial charge in [0.25, 0.3) is 20.2 Å². The van der Waals surface area contributed by atoms with Crippen LogP contribution in [-0.2, 0) is 20.2 Å². The number of nitrogens with zero attached hydrogens (tertiary/aromatic N) is 5. The lowest BCUT2D eigenvalue weighted by Gasteiger charge is -2.10. The Morgan fingerprint density at radius 1 is 0.750 bits per heavy atom. The summed E-state index contributed by atoms with van der Waals surface area (Å²) in [5.41, 5.74) is 0.870. The molecule has 16 nitrogen and oxygen atoms in total. The van der Waals surface area contributed by atoms with Crippen molar-refractivity contribution < 1.29 is 46.0 Å². The number of ether oxygens (including phenoxy) is 1. The maximum absolute atomic E-state index is 12.5. The molecule has 0 saturated heterocycles. The van der Waals surface area contributed by atoms with Gasteiger partial charge in [-0.1, -0.05) is 12.1 Å². The highest BCUT2D eigenvalue weighted by Crippen LogP contribution is 2.44. The van der Waals surface area contributed by atoms with E-state index in [2.05, 4.69) is 30.4 Å². The standard InChI is InChI=1S/C30H22N6O10S2/c1-46-25-10-6-18(47(40,41)42)13-23(25)35-36-28-26(48(43,44)45)14-20-19(29(28)39)7-9-22-27(20)32-30(31-22)15-3-2-4-16(11-15)33-34-21-8-5-17(37)12-24(21)38/h2-14,37-39H,1H3,(H,31,32)(H,40,41,42)(H,43,44,45). The molecule has 0 amide bonds. The summed E-state index contributed by atoms with van der Waals surface area (Å²) >= 11 is 0. The van der Waals surface area contributed by atoms with Gasteiger partial charge in [0.1, 0.15) is 45.0 Å². The zero-order chi connectivity index (χ0) is 34.4. The Labute approximate surface area is 270 Å². The van der Waals surface area contributed by atoms with E-state index in [0.717, 1.165) is 24.3 Å². The number of phenols is 3. The minimum absolute atomic E-state index is 0.00979. The predicted octanol–water partition coefficient (Wildman–Crippen LogP) is 6.83. The number of hydrogen-bond donors (Lipinski definition) is 6. The molecule has 0 bridgehead atoms. The molecule has 0 aliphatic rings. The highest BCUT2D eigenvalue weighted by molar-refractivity contribution is 7.86. The number of benzene rings is 5. The molecule has 0 fully saturated rings. The van der Waals surface area contributed by atoms with E-state index >= 15 is 0 Å². The molecule has 0 saturated carbocycles. The van der Waals surface area contributed by atoms with Crippen LogP contribution in [0.3, 0.4) is 0 Å². The molecule has 0 aliphatic carbocycles. The number of fused-ring (bicyclic) bond motifs is 3. The van der Waals surface area contributed by atoms with E-state index < -0.39 is 41.5 Å². The van der Waals surface area contributed by atoms with Gasteiger partial charge in [0.05, 0.1) is 28.7 Å². The van der Waals surface area contributed by atoms with Crippen molar-refractivity contribution in [3.63, 3.8) is 0 Å². The van der Waals surface area contributed by atoms with Crippen molar-refractivity contribution in [2.24, 2.45) is 20.5 Å². The smallest absolute Gasteiger partial charge is 0.296 e. The first kappa shape index (κ1) is 32.0. The molecule has 244 valence electrons. The Balaban J connectivity index is 1.44. The summed E-state index contributed by atoms with van der Waals surface area (Å²) in [6.07, 6.45) is 0. The first-order chi connectivity index (χ1) is 22.7. The van der Waals surface area contributed by atoms with Crippen LogP contribution in [0.2, 0.25) is 0 Å². The average molecular weight is 691 g/mol. The lowest BCUT2D eigenvalue weighted by atomic mass is 10.1. The van der Waals surface area contributed by atoms with Gasteiger partial charge in [-0.15, -0.1) is 15.3 Å². The molecule has 0 unspecified atom stereocenters. The summed E-state index contributed by atoms with van der Waals surface area (Å²) in [6, 6.07) is 17.8. The normalized spacial score (nSPS) is 12.5. The lowest BCUT2D eigenvalue weighted by Crippen LogP contribution is -1.99. The molecular weight excluding hydrogens is 668 g/mol. The van der Waals surface area contributed by atoms with Crippen LogP contribution in [0.5, 0.6) is 23.0 Å². The van der Waals surface area contributed by atoms with Crippen LogP contribution in [0.1, 0.15) is 0 Å². The summed E-state index contributed by atoms with van der Waals surface area (Å²) in [7, 11) is -8.41. The number of H-pyrrole nitrogens is 1. The average Bonchev–Trinajstić information content (AvgIpc) is 3.48. The van der Waals surface area contributed by atoms with Crippen LogP contribution in [-0.4, -0.2) is 58.3 Å². The van der Waals surface area contributed by atoms with Crippen molar-refractivity contribution in [3.8, 4) is 34.4 Å². The molecule has 0 spiro atoms. The fourth-order valence-electron chi connectivity index (χ4n) is 4.77. The molecule has 5 aromatic carbocycles. The zero-order valence-electron chi connectivity index (χ0n) is 24.3. The van der Waals surface area contributed by atoms with Gasteiger partial charge in [-0.3, -0.25) is 9.11 Å². The number of aromatic nitrogens is 2. The van der Waals surface area contributed by atoms with E-state index in [9.17, 15) is 41.3 Å². The van der Waals surface area contributed by atoms with Crippen molar-refractivity contribution in [1.82, 2.24) is 9.97 Å². The summed E-state index contributed by atoms with van der Waals surface area (Å²) in [6.45, 7) is 0. The summed E-state index contributed by atoms with van der Waals surface area (Å²) < 4.78 is 72.9. The number of aromatic amines is 1. The van der Waals surface area contributed by atoms with E-state index in [1.807, 2.05) is 0 Å². The van der Waals surface area contributed by atoms with E-state index in [1.165, 1.54) is 31.4 Å². The molecule has 1 aromatic heterocycles. The molecule has 6 N–H and O–H groups in total. The third-order valence-electron chi connectivity index (χ3n) is 7.02. The van der Waals surface area contributed by atoms with Gasteiger partial charge in [0, 0.05) is 22.4 Å². The minimum atomic E-state index is -5.02. The number of azo groups is 2. The highest BCUT2D eigenvalue weighted by atomic mass is 32.2. The molecule has 1 heterocycles. The Morgan fingerprint density at radius 3 is 2.23 bits per heavy atom. The lowest BCUT2D eigenvalue weighted by molar-refractivity contribution is 0.415. The monoisotopic (exact) mass is 690 g/mol. The van der Waals surface area contributed by atoms with Gasteiger partial charge in [-0.05, 0) is 60.7 Å². The van der Waals surface area contributed by atoms with Crippen LogP contribution in [0.25, 0.3) is 33.2 Å². The summed E-state index contributed by atoms with van der Waals surface area (Å²) in [5, 5.41) is 46.7. The van der Waals surface area contributed by atoms with Gasteiger partial charge in [0.2, 0.25) is 0 Å². The highest BCUT2D eigenvalue weighted by Gasteiger charge is 2.24. The Hall–Kier alpha value is -5.95. The van der Waals surface area contributed by atoms with Crippen LogP contribution < -0.4 is 4.74 Å². The third-order valence-corrected chi connectivity index (χ3v) is 8.74. The maximum Gasteiger partial charge on any atom is 0.296 e. The second-order valence-electron chi connectivity index (χ2n) is 10.1. The molecule has 0 atom stereocenters. The molecule has 0 radical (unpaired) electrons. The van der Waals surface area contributed by atoms with Crippen molar-refractivity contribution in [2.75, 3.05) is 7.11 Å². The van der Waals surface area contributed by atoms with E-state index in [-0.39, 0.29) is 39.4 Å². The largest absolute Gasteiger partial charge is 0.508 e. The minimum Gasteiger partial charge on any atom is -0.508 e. The Bertz CT molecular complexity index is 2550. The van der Waals surface area contributed by atoms with Gasteiger partial charge in [0.15, 0.2) is 5.75 Å². The van der Waals surface area contributed by atoms with Crippen LogP contribution in [0.4, 0.5) is 22.7 Å². The Kier molecular flexibility index (Phi) is 8.01. The van der Waals surface area contributed by atoms with Crippen LogP contribution in [0.15, 0.2) is 109 Å². The summed E-state index contributed by atoms with van der Waals surface area (Å²) in [4.78, 5) is 6.31. The van der Waals surface area contributed by atoms with Gasteiger partial charge >= 0.3 is 0 Å². The number of aromatic hydroxyl groups is 3. The molecule has 48 heavy (non-hydrogen) atoms. The van der Waals surface area contributed by atoms with Crippen molar-refractivity contribution in [1.29, 1.82) is 0 Å². The van der Waals surface area contributed by atoms with Crippen molar-refractivity contribution >= 4 is 64.8 Å². The molecular formula is C30H22N6O10S2. The van der Waals surface area contributed by atoms with E-state index in [0.29, 0.717) is 28.1 Å². The predicted molar refractivity (Wildman–Crippen MR) is 171 cm³/mol. The van der Waals surface area contributed by atoms with Crippen molar-refractivity contribution in [3.05, 3.63) is 78.9 Å². The van der Waals surface area contributed by atoms with E-state index in [4.69, 9.17) is 4.74 Å². The molecule has 6 rings (SSSR count). The molecule has 18 heteroatoms. The molecule has 0 aliphatic heterocycles. The van der Waals surface area contributed by atoms with Gasteiger partial charge in [-0.2, -0.15) is 21.9 Å². The maximum atomic E-state index is 12.5. The number of imidazole rings is 1. The SMILES string of the molecule is COc1ccc(S(=O)(=O)O)cc1N=Nc1c(S(=O)(=O)O)cc2c(ccc3nc(-c4cccc(N=Nc5ccc(O)cc5O)c4)[nH]c32)c1O. The number of hydrogen-bond acceptors (Lipinski definition) is 13. The van der Waals surface area contributed by atoms with Gasteiger partial charge < -0.3 is 25.0 Å². The number of phenolic OH excluding ortho intramolecular Hbond substituents is 3. The second kappa shape index (κ2) is 12.0. The molecule has 6 aromatic rings. The first-order valence-electron chi connectivity index (χ1n) is 13.5. The summed E-state index contributed by atoms with van der Waals surface area (Å²) in [5.74, 6) is -0.720. The first-order valence-corrected chi connectivity index (χ1v) is 16.4. The number of rotatable bonds is 8. The van der Waals surface area contributed by atoms with E-state index in [1.54, 1.807) is 30.3 Å². The number of methoxy groups -OCH3 is 1. The van der Waals surface area contributed by atoms with Crippen molar-refractivity contribution in [2.45, 2.75) is 9.79 Å². The van der Waals surface area contributed by atoms with Crippen LogP contribution in [0, 0.1) is 0 Å². The fourth-order valence-corrected chi connectivity index (χ4v) is 5.91. The fraction of sp³-hybridized carbons (Fsp3) is 0.0333. The topological polar surface area (TPSA) is 257 Å². The zero-order valence-corrected chi connectivity index (χ0v) is 26.0. The second-order valence-corrected chi connectivity index (χ2v) is 12.9. The van der Waals surface area contributed by atoms with Crippen LogP contribution >= 0.6 is 0 Å². The quantitative estimate of drug-likeness (QED) is 0.0712. The Morgan fingerprint density at radius 2 is 1.52 bits per heavy atom. The number of nitrogens with one attached hydrogen (secondary N) is 1. The third kappa shape index (κ3) is 6.22. The van der Waals surface area contributed by atoms with Gasteiger partial charge in [-0.25, -0.2) is 4.98 Å².